The van der Waals surface area contributed by atoms with Crippen LogP contribution in [0.4, 0.5) is 5.69 Å². The minimum Gasteiger partial charge on any atom is -0.386 e. The van der Waals surface area contributed by atoms with Gasteiger partial charge < -0.3 is 10.2 Å². The number of nitrogens with zero attached hydrogens (tertiary/aromatic N) is 1. The first-order valence-electron chi connectivity index (χ1n) is 8.11. The average molecular weight is 374 g/mol. The summed E-state index contributed by atoms with van der Waals surface area (Å²) in [6.07, 6.45) is 2.60. The van der Waals surface area contributed by atoms with Crippen LogP contribution in [0.15, 0.2) is 58.6 Å². The van der Waals surface area contributed by atoms with E-state index in [0.717, 1.165) is 11.8 Å². The number of rotatable bonds is 7. The smallest absolute Gasteiger partial charge is 0.265 e. The third-order valence-corrected chi connectivity index (χ3v) is 4.79. The Morgan fingerprint density at radius 3 is 2.42 bits per heavy atom. The summed E-state index contributed by atoms with van der Waals surface area (Å²) in [6.45, 7) is 3.91. The molecule has 138 valence electrons. The maximum absolute atomic E-state index is 11.9. The lowest BCUT2D eigenvalue weighted by Gasteiger charge is -2.09. The Kier molecular flexibility index (Phi) is 6.52. The van der Waals surface area contributed by atoms with E-state index in [1.54, 1.807) is 12.1 Å². The van der Waals surface area contributed by atoms with Crippen LogP contribution < -0.4 is 5.32 Å². The first kappa shape index (κ1) is 19.7. The van der Waals surface area contributed by atoms with E-state index in [2.05, 4.69) is 24.3 Å². The van der Waals surface area contributed by atoms with Crippen molar-refractivity contribution in [2.75, 3.05) is 18.2 Å². The normalized spacial score (nSPS) is 11.7. The van der Waals surface area contributed by atoms with Crippen molar-refractivity contribution >= 4 is 27.6 Å². The molecule has 0 radical (unpaired) electrons. The highest BCUT2D eigenvalue weighted by molar-refractivity contribution is 7.90. The number of nitrogens with one attached hydrogen (secondary N) is 1. The van der Waals surface area contributed by atoms with Crippen LogP contribution in [-0.4, -0.2) is 33.4 Å². The van der Waals surface area contributed by atoms with Gasteiger partial charge in [-0.25, -0.2) is 8.42 Å². The van der Waals surface area contributed by atoms with Gasteiger partial charge in [-0.2, -0.15) is 0 Å². The van der Waals surface area contributed by atoms with Crippen molar-refractivity contribution in [1.82, 2.24) is 0 Å². The van der Waals surface area contributed by atoms with Crippen LogP contribution in [0.2, 0.25) is 0 Å². The molecule has 7 heteroatoms. The molecule has 0 aromatic heterocycles. The highest BCUT2D eigenvalue weighted by atomic mass is 32.2. The SMILES string of the molecule is CC(C)c1ccc(/C=N\OCC(=O)Nc2ccccc2S(C)(=O)=O)cc1. The van der Waals surface area contributed by atoms with Gasteiger partial charge >= 0.3 is 0 Å². The minimum absolute atomic E-state index is 0.0575. The zero-order valence-corrected chi connectivity index (χ0v) is 15.8. The number of para-hydroxylation sites is 1. The second-order valence-electron chi connectivity index (χ2n) is 6.15. The van der Waals surface area contributed by atoms with E-state index in [1.807, 2.05) is 24.3 Å². The highest BCUT2D eigenvalue weighted by Crippen LogP contribution is 2.20. The Balaban J connectivity index is 1.90. The lowest BCUT2D eigenvalue weighted by Crippen LogP contribution is -2.18. The number of sulfone groups is 1. The molecule has 0 atom stereocenters. The van der Waals surface area contributed by atoms with Crippen molar-refractivity contribution in [3.63, 3.8) is 0 Å². The Hall–Kier alpha value is -2.67. The summed E-state index contributed by atoms with van der Waals surface area (Å²) < 4.78 is 23.4. The van der Waals surface area contributed by atoms with Crippen LogP contribution in [0.1, 0.15) is 30.9 Å². The molecule has 26 heavy (non-hydrogen) atoms. The monoisotopic (exact) mass is 374 g/mol. The number of carbonyl (C=O) groups is 1. The van der Waals surface area contributed by atoms with E-state index in [1.165, 1.54) is 23.9 Å². The van der Waals surface area contributed by atoms with E-state index in [9.17, 15) is 13.2 Å². The molecule has 0 unspecified atom stereocenters. The molecule has 0 fully saturated rings. The van der Waals surface area contributed by atoms with E-state index < -0.39 is 15.7 Å². The molecule has 2 rings (SSSR count). The summed E-state index contributed by atoms with van der Waals surface area (Å²) in [5.74, 6) is -0.0378. The molecule has 1 amide bonds. The summed E-state index contributed by atoms with van der Waals surface area (Å²) in [7, 11) is -3.44. The summed E-state index contributed by atoms with van der Waals surface area (Å²) in [4.78, 5) is 17.0. The number of oxime groups is 1. The van der Waals surface area contributed by atoms with Gasteiger partial charge in [-0.3, -0.25) is 4.79 Å². The molecule has 0 aliphatic rings. The second kappa shape index (κ2) is 8.62. The highest BCUT2D eigenvalue weighted by Gasteiger charge is 2.14. The minimum atomic E-state index is -3.44. The van der Waals surface area contributed by atoms with Gasteiger partial charge in [-0.15, -0.1) is 0 Å². The van der Waals surface area contributed by atoms with Crippen LogP contribution >= 0.6 is 0 Å². The summed E-state index contributed by atoms with van der Waals surface area (Å²) in [5.41, 5.74) is 2.31. The Bertz CT molecular complexity index is 888. The van der Waals surface area contributed by atoms with Crippen molar-refractivity contribution < 1.29 is 18.0 Å². The lowest BCUT2D eigenvalue weighted by atomic mass is 10.0. The van der Waals surface area contributed by atoms with Gasteiger partial charge in [0.25, 0.3) is 5.91 Å². The molecule has 2 aromatic rings. The zero-order valence-electron chi connectivity index (χ0n) is 15.0. The van der Waals surface area contributed by atoms with Gasteiger partial charge in [0, 0.05) is 6.26 Å². The van der Waals surface area contributed by atoms with Gasteiger partial charge in [-0.05, 0) is 29.2 Å². The van der Waals surface area contributed by atoms with E-state index in [4.69, 9.17) is 4.84 Å². The van der Waals surface area contributed by atoms with Crippen LogP contribution in [0.3, 0.4) is 0 Å². The van der Waals surface area contributed by atoms with Crippen molar-refractivity contribution in [3.8, 4) is 0 Å². The van der Waals surface area contributed by atoms with Crippen molar-refractivity contribution in [3.05, 3.63) is 59.7 Å². The number of hydrogen-bond donors (Lipinski definition) is 1. The third-order valence-electron chi connectivity index (χ3n) is 3.64. The van der Waals surface area contributed by atoms with Gasteiger partial charge in [0.1, 0.15) is 0 Å². The fourth-order valence-corrected chi connectivity index (χ4v) is 3.08. The Morgan fingerprint density at radius 2 is 1.81 bits per heavy atom. The number of benzene rings is 2. The van der Waals surface area contributed by atoms with Crippen molar-refractivity contribution in [1.29, 1.82) is 0 Å². The molecule has 0 spiro atoms. The van der Waals surface area contributed by atoms with Gasteiger partial charge in [-0.1, -0.05) is 55.4 Å². The molecule has 0 aliphatic carbocycles. The molecule has 0 bridgehead atoms. The summed E-state index contributed by atoms with van der Waals surface area (Å²) >= 11 is 0. The Labute approximate surface area is 153 Å². The fraction of sp³-hybridized carbons (Fsp3) is 0.263. The lowest BCUT2D eigenvalue weighted by molar-refractivity contribution is -0.120. The predicted octanol–water partition coefficient (Wildman–Crippen LogP) is 3.20. The van der Waals surface area contributed by atoms with E-state index >= 15 is 0 Å². The molecule has 0 heterocycles. The molecule has 6 nitrogen and oxygen atoms in total. The first-order chi connectivity index (χ1) is 12.3. The maximum Gasteiger partial charge on any atom is 0.265 e. The molecule has 0 saturated carbocycles. The number of anilines is 1. The summed E-state index contributed by atoms with van der Waals surface area (Å²) in [5, 5.41) is 6.28. The molecule has 0 saturated heterocycles. The van der Waals surface area contributed by atoms with E-state index in [0.29, 0.717) is 5.92 Å². The van der Waals surface area contributed by atoms with Gasteiger partial charge in [0.15, 0.2) is 16.4 Å². The fourth-order valence-electron chi connectivity index (χ4n) is 2.24. The molecule has 2 aromatic carbocycles. The van der Waals surface area contributed by atoms with Crippen LogP contribution in [-0.2, 0) is 19.5 Å². The topological polar surface area (TPSA) is 84.8 Å². The van der Waals surface area contributed by atoms with Crippen LogP contribution in [0.5, 0.6) is 0 Å². The first-order valence-corrected chi connectivity index (χ1v) is 10.0. The van der Waals surface area contributed by atoms with Crippen molar-refractivity contribution in [2.45, 2.75) is 24.7 Å². The standard InChI is InChI=1S/C19H22N2O4S/c1-14(2)16-10-8-15(9-11-16)12-20-25-13-19(22)21-17-6-4-5-7-18(17)26(3,23)24/h4-12,14H,13H2,1-3H3,(H,21,22)/b20-12-. The largest absolute Gasteiger partial charge is 0.386 e. The second-order valence-corrected chi connectivity index (χ2v) is 8.13. The van der Waals surface area contributed by atoms with E-state index in [-0.39, 0.29) is 17.2 Å². The molecular weight excluding hydrogens is 352 g/mol. The maximum atomic E-state index is 11.9. The number of amides is 1. The predicted molar refractivity (Wildman–Crippen MR) is 102 cm³/mol. The molecular formula is C19H22N2O4S. The van der Waals surface area contributed by atoms with Crippen molar-refractivity contribution in [2.24, 2.45) is 5.16 Å². The van der Waals surface area contributed by atoms with Crippen LogP contribution in [0.25, 0.3) is 0 Å². The quantitative estimate of drug-likeness (QED) is 0.596. The molecule has 0 aliphatic heterocycles. The van der Waals surface area contributed by atoms with Gasteiger partial charge in [0.05, 0.1) is 16.8 Å². The summed E-state index contributed by atoms with van der Waals surface area (Å²) in [6, 6.07) is 14.1. The third kappa shape index (κ3) is 5.70. The molecule has 1 N–H and O–H groups in total. The van der Waals surface area contributed by atoms with Crippen LogP contribution in [0, 0.1) is 0 Å². The zero-order chi connectivity index (χ0) is 19.2. The number of hydrogen-bond acceptors (Lipinski definition) is 5. The Morgan fingerprint density at radius 1 is 1.15 bits per heavy atom. The average Bonchev–Trinajstić information content (AvgIpc) is 2.58. The number of carbonyl (C=O) groups excluding carboxylic acids is 1. The van der Waals surface area contributed by atoms with Gasteiger partial charge in [0.2, 0.25) is 0 Å².